The molecular formula is C58H38N2S. The van der Waals surface area contributed by atoms with Gasteiger partial charge in [0.05, 0.1) is 22.4 Å². The topological polar surface area (TPSA) is 8.17 Å². The van der Waals surface area contributed by atoms with Crippen LogP contribution < -0.4 is 4.90 Å². The molecule has 0 radical (unpaired) electrons. The Bertz CT molecular complexity index is 3580. The van der Waals surface area contributed by atoms with Crippen LogP contribution in [0.2, 0.25) is 0 Å². The molecule has 0 saturated heterocycles. The Morgan fingerprint density at radius 3 is 1.75 bits per heavy atom. The van der Waals surface area contributed by atoms with Crippen molar-refractivity contribution in [3.05, 3.63) is 231 Å². The zero-order valence-electron chi connectivity index (χ0n) is 33.2. The van der Waals surface area contributed by atoms with Gasteiger partial charge in [-0.25, -0.2) is 0 Å². The van der Waals surface area contributed by atoms with E-state index in [1.54, 1.807) is 0 Å². The zero-order valence-corrected chi connectivity index (χ0v) is 34.1. The summed E-state index contributed by atoms with van der Waals surface area (Å²) < 4.78 is 4.99. The molecule has 2 aromatic heterocycles. The first kappa shape index (κ1) is 35.2. The molecule has 3 heteroatoms. The molecule has 2 heterocycles. The summed E-state index contributed by atoms with van der Waals surface area (Å²) in [6.45, 7) is 0. The van der Waals surface area contributed by atoms with Crippen LogP contribution in [-0.2, 0) is 0 Å². The predicted octanol–water partition coefficient (Wildman–Crippen LogP) is 16.8. The number of fused-ring (bicyclic) bond motifs is 7. The highest BCUT2D eigenvalue weighted by Gasteiger charge is 2.23. The summed E-state index contributed by atoms with van der Waals surface area (Å²) >= 11 is 1.86. The third-order valence-corrected chi connectivity index (χ3v) is 13.3. The van der Waals surface area contributed by atoms with Gasteiger partial charge in [-0.1, -0.05) is 176 Å². The molecular weight excluding hydrogens is 757 g/mol. The van der Waals surface area contributed by atoms with Crippen molar-refractivity contribution in [2.45, 2.75) is 0 Å². The Morgan fingerprint density at radius 2 is 0.918 bits per heavy atom. The van der Waals surface area contributed by atoms with Crippen molar-refractivity contribution in [1.29, 1.82) is 0 Å². The molecule has 0 fully saturated rings. The molecule has 0 unspecified atom stereocenters. The van der Waals surface area contributed by atoms with Crippen molar-refractivity contribution in [3.63, 3.8) is 0 Å². The maximum absolute atomic E-state index is 2.49. The highest BCUT2D eigenvalue weighted by atomic mass is 32.1. The average molecular weight is 795 g/mol. The fourth-order valence-electron chi connectivity index (χ4n) is 9.56. The molecule has 61 heavy (non-hydrogen) atoms. The molecule has 0 bridgehead atoms. The van der Waals surface area contributed by atoms with Gasteiger partial charge < -0.3 is 9.47 Å². The Balaban J connectivity index is 1.09. The number of thiophene rings is 1. The Hall–Kier alpha value is -7.72. The van der Waals surface area contributed by atoms with E-state index in [1.807, 2.05) is 11.3 Å². The van der Waals surface area contributed by atoms with Gasteiger partial charge in [0.2, 0.25) is 0 Å². The van der Waals surface area contributed by atoms with Gasteiger partial charge in [0.15, 0.2) is 0 Å². The lowest BCUT2D eigenvalue weighted by molar-refractivity contribution is 1.18. The Morgan fingerprint density at radius 1 is 0.344 bits per heavy atom. The summed E-state index contributed by atoms with van der Waals surface area (Å²) in [6, 6.07) is 84.2. The van der Waals surface area contributed by atoms with E-state index in [0.717, 1.165) is 22.7 Å². The number of hydrogen-bond acceptors (Lipinski definition) is 2. The van der Waals surface area contributed by atoms with E-state index in [4.69, 9.17) is 0 Å². The molecule has 0 saturated carbocycles. The van der Waals surface area contributed by atoms with Gasteiger partial charge >= 0.3 is 0 Å². The standard InChI is InChI=1S/C58H38N2S/c1-3-17-39(18-4-1)44-26-13-19-41-20-14-28-48(56(41)44)46-23-7-10-30-51(46)59(53-32-16-34-55-57(53)50-25-9-12-33-54(50)61-55)43-37-35-40(36-38-43)45-27-15-29-49-47-24-8-11-31-52(47)60(58(45)49)42-21-5-2-6-22-42/h1-38H. The first-order chi connectivity index (χ1) is 30.3. The number of rotatable bonds is 7. The lowest BCUT2D eigenvalue weighted by Crippen LogP contribution is -2.11. The van der Waals surface area contributed by atoms with E-state index < -0.39 is 0 Å². The SMILES string of the molecule is c1ccc(-c2cccc3cccc(-c4ccccc4N(c4ccc(-c5cccc6c7ccccc7n(-c7ccccc7)c56)cc4)c4cccc5sc6ccccc6c45)c23)cc1. The van der Waals surface area contributed by atoms with Gasteiger partial charge in [0.25, 0.3) is 0 Å². The molecule has 0 N–H and O–H groups in total. The Labute approximate surface area is 358 Å². The minimum absolute atomic E-state index is 1.10. The second-order valence-corrected chi connectivity index (χ2v) is 16.7. The summed E-state index contributed by atoms with van der Waals surface area (Å²) in [7, 11) is 0. The van der Waals surface area contributed by atoms with Gasteiger partial charge in [-0.3, -0.25) is 0 Å². The second kappa shape index (κ2) is 14.5. The summed E-state index contributed by atoms with van der Waals surface area (Å²) in [5.41, 5.74) is 14.1. The molecule has 0 aliphatic rings. The van der Waals surface area contributed by atoms with E-state index >= 15 is 0 Å². The first-order valence-electron chi connectivity index (χ1n) is 20.9. The van der Waals surface area contributed by atoms with Crippen molar-refractivity contribution in [2.75, 3.05) is 4.90 Å². The average Bonchev–Trinajstić information content (AvgIpc) is 3.89. The van der Waals surface area contributed by atoms with Crippen molar-refractivity contribution >= 4 is 81.1 Å². The fourth-order valence-corrected chi connectivity index (χ4v) is 10.7. The highest BCUT2D eigenvalue weighted by molar-refractivity contribution is 7.26. The number of hydrogen-bond donors (Lipinski definition) is 0. The van der Waals surface area contributed by atoms with E-state index in [9.17, 15) is 0 Å². The van der Waals surface area contributed by atoms with Crippen LogP contribution in [0.25, 0.3) is 91.8 Å². The van der Waals surface area contributed by atoms with Crippen molar-refractivity contribution in [3.8, 4) is 39.1 Å². The lowest BCUT2D eigenvalue weighted by atomic mass is 9.90. The van der Waals surface area contributed by atoms with Crippen LogP contribution in [0.1, 0.15) is 0 Å². The van der Waals surface area contributed by atoms with Gasteiger partial charge in [-0.05, 0) is 87.6 Å². The van der Waals surface area contributed by atoms with E-state index in [2.05, 4.69) is 240 Å². The quantitative estimate of drug-likeness (QED) is 0.156. The third kappa shape index (κ3) is 5.78. The number of nitrogens with zero attached hydrogens (tertiary/aromatic N) is 2. The minimum atomic E-state index is 1.10. The maximum atomic E-state index is 2.49. The van der Waals surface area contributed by atoms with E-state index in [-0.39, 0.29) is 0 Å². The van der Waals surface area contributed by atoms with Crippen LogP contribution in [0.15, 0.2) is 231 Å². The van der Waals surface area contributed by atoms with Crippen LogP contribution in [0, 0.1) is 0 Å². The highest BCUT2D eigenvalue weighted by Crippen LogP contribution is 2.49. The molecule has 0 spiro atoms. The second-order valence-electron chi connectivity index (χ2n) is 15.6. The number of aromatic nitrogens is 1. The summed E-state index contributed by atoms with van der Waals surface area (Å²) in [4.78, 5) is 2.49. The van der Waals surface area contributed by atoms with Crippen LogP contribution in [-0.4, -0.2) is 4.57 Å². The largest absolute Gasteiger partial charge is 0.309 e. The van der Waals surface area contributed by atoms with Gasteiger partial charge in [-0.15, -0.1) is 11.3 Å². The molecule has 12 aromatic rings. The van der Waals surface area contributed by atoms with Crippen molar-refractivity contribution in [2.24, 2.45) is 0 Å². The van der Waals surface area contributed by atoms with Gasteiger partial charge in [-0.2, -0.15) is 0 Å². The maximum Gasteiger partial charge on any atom is 0.0619 e. The predicted molar refractivity (Wildman–Crippen MR) is 262 cm³/mol. The molecule has 0 aliphatic heterocycles. The van der Waals surface area contributed by atoms with E-state index in [1.165, 1.54) is 86.1 Å². The Kier molecular flexibility index (Phi) is 8.39. The molecule has 2 nitrogen and oxygen atoms in total. The lowest BCUT2D eigenvalue weighted by Gasteiger charge is -2.29. The third-order valence-electron chi connectivity index (χ3n) is 12.2. The number of benzene rings is 10. The van der Waals surface area contributed by atoms with Crippen molar-refractivity contribution in [1.82, 2.24) is 4.57 Å². The first-order valence-corrected chi connectivity index (χ1v) is 21.7. The zero-order chi connectivity index (χ0) is 40.3. The van der Waals surface area contributed by atoms with Gasteiger partial charge in [0.1, 0.15) is 0 Å². The smallest absolute Gasteiger partial charge is 0.0619 e. The molecule has 10 aromatic carbocycles. The fraction of sp³-hybridized carbons (Fsp3) is 0. The van der Waals surface area contributed by atoms with E-state index in [0.29, 0.717) is 0 Å². The summed E-state index contributed by atoms with van der Waals surface area (Å²) in [5, 5.41) is 7.51. The van der Waals surface area contributed by atoms with Crippen LogP contribution in [0.3, 0.4) is 0 Å². The molecule has 0 aliphatic carbocycles. The normalized spacial score (nSPS) is 11.6. The van der Waals surface area contributed by atoms with Crippen molar-refractivity contribution < 1.29 is 0 Å². The minimum Gasteiger partial charge on any atom is -0.309 e. The number of para-hydroxylation sites is 4. The number of anilines is 3. The summed E-state index contributed by atoms with van der Waals surface area (Å²) in [6.07, 6.45) is 0. The molecule has 0 atom stereocenters. The van der Waals surface area contributed by atoms with Gasteiger partial charge in [0, 0.05) is 53.4 Å². The molecule has 286 valence electrons. The monoisotopic (exact) mass is 794 g/mol. The van der Waals surface area contributed by atoms with Crippen LogP contribution in [0.5, 0.6) is 0 Å². The van der Waals surface area contributed by atoms with Crippen LogP contribution >= 0.6 is 11.3 Å². The molecule has 0 amide bonds. The summed E-state index contributed by atoms with van der Waals surface area (Å²) in [5.74, 6) is 0. The van der Waals surface area contributed by atoms with Crippen LogP contribution in [0.4, 0.5) is 17.1 Å². The molecule has 12 rings (SSSR count).